The maximum absolute atomic E-state index is 5.89. The Labute approximate surface area is 160 Å². The van der Waals surface area contributed by atoms with Gasteiger partial charge in [-0.3, -0.25) is 4.90 Å². The van der Waals surface area contributed by atoms with Crippen LogP contribution in [0.1, 0.15) is 56.0 Å². The molecule has 1 aromatic carbocycles. The molecule has 7 heteroatoms. The monoisotopic (exact) mass is 371 g/mol. The summed E-state index contributed by atoms with van der Waals surface area (Å²) in [5.41, 5.74) is 1.23. The van der Waals surface area contributed by atoms with Gasteiger partial charge in [0.2, 0.25) is 0 Å². The molecule has 27 heavy (non-hydrogen) atoms. The van der Waals surface area contributed by atoms with E-state index in [0.29, 0.717) is 12.1 Å². The number of rotatable bonds is 8. The van der Waals surface area contributed by atoms with Crippen LogP contribution < -0.4 is 4.74 Å². The van der Waals surface area contributed by atoms with Crippen LogP contribution >= 0.6 is 0 Å². The Balaban J connectivity index is 1.50. The number of aromatic nitrogens is 4. The molecular formula is C20H29N5O2. The first-order chi connectivity index (χ1) is 13.3. The van der Waals surface area contributed by atoms with Gasteiger partial charge in [0.15, 0.2) is 5.82 Å². The Bertz CT molecular complexity index is 723. The van der Waals surface area contributed by atoms with Gasteiger partial charge in [0.25, 0.3) is 0 Å². The molecule has 0 spiro atoms. The van der Waals surface area contributed by atoms with Crippen LogP contribution in [0.25, 0.3) is 0 Å². The van der Waals surface area contributed by atoms with Gasteiger partial charge in [-0.15, -0.1) is 5.10 Å². The summed E-state index contributed by atoms with van der Waals surface area (Å²) < 4.78 is 13.3. The number of ether oxygens (including phenoxy) is 2. The SMILES string of the molecule is COc1cccc(CN(Cc2nnnn2C2CCCC2)C[C@@H]2CCCO2)c1. The van der Waals surface area contributed by atoms with Gasteiger partial charge in [0.1, 0.15) is 5.75 Å². The van der Waals surface area contributed by atoms with Gasteiger partial charge in [-0.25, -0.2) is 4.68 Å². The normalized spacial score (nSPS) is 20.6. The van der Waals surface area contributed by atoms with E-state index in [4.69, 9.17) is 9.47 Å². The van der Waals surface area contributed by atoms with Crippen molar-refractivity contribution in [1.29, 1.82) is 0 Å². The number of hydrogen-bond donors (Lipinski definition) is 0. The summed E-state index contributed by atoms with van der Waals surface area (Å²) in [5, 5.41) is 12.6. The van der Waals surface area contributed by atoms with Gasteiger partial charge in [0.05, 0.1) is 25.8 Å². The molecule has 2 heterocycles. The van der Waals surface area contributed by atoms with Crippen molar-refractivity contribution < 1.29 is 9.47 Å². The summed E-state index contributed by atoms with van der Waals surface area (Å²) in [5.74, 6) is 1.85. The van der Waals surface area contributed by atoms with Crippen LogP contribution in [-0.4, -0.2) is 51.5 Å². The quantitative estimate of drug-likeness (QED) is 0.711. The molecule has 146 valence electrons. The second-order valence-corrected chi connectivity index (χ2v) is 7.63. The van der Waals surface area contributed by atoms with Crippen LogP contribution in [0.5, 0.6) is 5.75 Å². The van der Waals surface area contributed by atoms with Crippen molar-refractivity contribution in [2.24, 2.45) is 0 Å². The van der Waals surface area contributed by atoms with Crippen molar-refractivity contribution in [1.82, 2.24) is 25.1 Å². The maximum Gasteiger partial charge on any atom is 0.165 e. The zero-order valence-electron chi connectivity index (χ0n) is 16.1. The minimum atomic E-state index is 0.298. The topological polar surface area (TPSA) is 65.3 Å². The Kier molecular flexibility index (Phi) is 5.99. The molecule has 0 unspecified atom stereocenters. The average molecular weight is 371 g/mol. The molecule has 1 aliphatic carbocycles. The molecule has 0 N–H and O–H groups in total. The molecule has 4 rings (SSSR count). The van der Waals surface area contributed by atoms with Gasteiger partial charge in [0, 0.05) is 19.7 Å². The number of methoxy groups -OCH3 is 1. The standard InChI is InChI=1S/C20H29N5O2/c1-26-18-9-4-6-16(12-18)13-24(14-19-10-5-11-27-19)15-20-21-22-23-25(20)17-7-2-3-8-17/h4,6,9,12,17,19H,2-3,5,7-8,10-11,13-15H2,1H3/t19-/m0/s1. The summed E-state index contributed by atoms with van der Waals surface area (Å²) >= 11 is 0. The van der Waals surface area contributed by atoms with Crippen molar-refractivity contribution in [2.45, 2.75) is 63.8 Å². The Hall–Kier alpha value is -1.99. The number of hydrogen-bond acceptors (Lipinski definition) is 6. The fourth-order valence-electron chi connectivity index (χ4n) is 4.24. The first-order valence-electron chi connectivity index (χ1n) is 10.1. The summed E-state index contributed by atoms with van der Waals surface area (Å²) in [6, 6.07) is 8.72. The predicted molar refractivity (Wildman–Crippen MR) is 101 cm³/mol. The van der Waals surface area contributed by atoms with E-state index in [1.165, 1.54) is 31.2 Å². The molecule has 1 saturated heterocycles. The highest BCUT2D eigenvalue weighted by atomic mass is 16.5. The lowest BCUT2D eigenvalue weighted by atomic mass is 10.1. The van der Waals surface area contributed by atoms with Crippen LogP contribution in [0, 0.1) is 0 Å². The minimum absolute atomic E-state index is 0.298. The molecule has 0 bridgehead atoms. The van der Waals surface area contributed by atoms with Crippen molar-refractivity contribution in [3.63, 3.8) is 0 Å². The third-order valence-electron chi connectivity index (χ3n) is 5.62. The van der Waals surface area contributed by atoms with Crippen LogP contribution in [0.15, 0.2) is 24.3 Å². The highest BCUT2D eigenvalue weighted by molar-refractivity contribution is 5.28. The largest absolute Gasteiger partial charge is 0.497 e. The van der Waals surface area contributed by atoms with E-state index >= 15 is 0 Å². The van der Waals surface area contributed by atoms with E-state index in [1.54, 1.807) is 7.11 Å². The Morgan fingerprint density at radius 3 is 2.85 bits per heavy atom. The molecule has 1 aromatic heterocycles. The molecule has 0 radical (unpaired) electrons. The second-order valence-electron chi connectivity index (χ2n) is 7.63. The Morgan fingerprint density at radius 2 is 2.07 bits per heavy atom. The van der Waals surface area contributed by atoms with E-state index in [9.17, 15) is 0 Å². The molecule has 1 aliphatic heterocycles. The van der Waals surface area contributed by atoms with Crippen molar-refractivity contribution >= 4 is 0 Å². The fraction of sp³-hybridized carbons (Fsp3) is 0.650. The zero-order chi connectivity index (χ0) is 18.5. The first kappa shape index (κ1) is 18.4. The van der Waals surface area contributed by atoms with E-state index in [1.807, 2.05) is 12.1 Å². The number of tetrazole rings is 1. The third-order valence-corrected chi connectivity index (χ3v) is 5.62. The molecule has 2 fully saturated rings. The van der Waals surface area contributed by atoms with Crippen LogP contribution in [0.4, 0.5) is 0 Å². The highest BCUT2D eigenvalue weighted by Gasteiger charge is 2.25. The molecule has 2 aromatic rings. The van der Waals surface area contributed by atoms with Crippen LogP contribution in [0.3, 0.4) is 0 Å². The summed E-state index contributed by atoms with van der Waals surface area (Å²) in [6.45, 7) is 3.33. The molecule has 0 amide bonds. The smallest absolute Gasteiger partial charge is 0.165 e. The summed E-state index contributed by atoms with van der Waals surface area (Å²) in [4.78, 5) is 2.40. The lowest BCUT2D eigenvalue weighted by molar-refractivity contribution is 0.0662. The second kappa shape index (κ2) is 8.80. The van der Waals surface area contributed by atoms with E-state index < -0.39 is 0 Å². The summed E-state index contributed by atoms with van der Waals surface area (Å²) in [7, 11) is 1.71. The minimum Gasteiger partial charge on any atom is -0.497 e. The van der Waals surface area contributed by atoms with E-state index in [-0.39, 0.29) is 0 Å². The van der Waals surface area contributed by atoms with Crippen molar-refractivity contribution in [2.75, 3.05) is 20.3 Å². The summed E-state index contributed by atoms with van der Waals surface area (Å²) in [6.07, 6.45) is 7.48. The van der Waals surface area contributed by atoms with Crippen LogP contribution in [0.2, 0.25) is 0 Å². The van der Waals surface area contributed by atoms with Crippen molar-refractivity contribution in [3.8, 4) is 5.75 Å². The highest BCUT2D eigenvalue weighted by Crippen LogP contribution is 2.29. The zero-order valence-corrected chi connectivity index (χ0v) is 16.1. The van der Waals surface area contributed by atoms with Gasteiger partial charge in [-0.2, -0.15) is 0 Å². The lowest BCUT2D eigenvalue weighted by Crippen LogP contribution is -2.32. The van der Waals surface area contributed by atoms with E-state index in [0.717, 1.165) is 50.7 Å². The number of benzene rings is 1. The van der Waals surface area contributed by atoms with E-state index in [2.05, 4.69) is 37.2 Å². The maximum atomic E-state index is 5.89. The van der Waals surface area contributed by atoms with Crippen LogP contribution in [-0.2, 0) is 17.8 Å². The predicted octanol–water partition coefficient (Wildman–Crippen LogP) is 2.98. The Morgan fingerprint density at radius 1 is 1.19 bits per heavy atom. The molecular weight excluding hydrogens is 342 g/mol. The van der Waals surface area contributed by atoms with Gasteiger partial charge in [-0.05, 0) is 53.8 Å². The van der Waals surface area contributed by atoms with Gasteiger partial charge in [-0.1, -0.05) is 25.0 Å². The lowest BCUT2D eigenvalue weighted by Gasteiger charge is -2.25. The molecule has 1 atom stereocenters. The molecule has 7 nitrogen and oxygen atoms in total. The van der Waals surface area contributed by atoms with Gasteiger partial charge < -0.3 is 9.47 Å². The third kappa shape index (κ3) is 4.65. The molecule has 2 aliphatic rings. The fourth-order valence-corrected chi connectivity index (χ4v) is 4.24. The first-order valence-corrected chi connectivity index (χ1v) is 10.1. The van der Waals surface area contributed by atoms with Gasteiger partial charge >= 0.3 is 0 Å². The molecule has 1 saturated carbocycles. The average Bonchev–Trinajstić information content (AvgIpc) is 3.44. The van der Waals surface area contributed by atoms with Crippen molar-refractivity contribution in [3.05, 3.63) is 35.7 Å². The number of nitrogens with zero attached hydrogens (tertiary/aromatic N) is 5.